The number of nitrogens with zero attached hydrogens (tertiary/aromatic N) is 4. The molecule has 2 aromatic rings. The summed E-state index contributed by atoms with van der Waals surface area (Å²) >= 11 is 0. The fraction of sp³-hybridized carbons (Fsp3) is 0.467. The van der Waals surface area contributed by atoms with E-state index in [1.807, 2.05) is 17.0 Å². The van der Waals surface area contributed by atoms with Crippen molar-refractivity contribution in [3.63, 3.8) is 0 Å². The van der Waals surface area contributed by atoms with Gasteiger partial charge in [0.05, 0.1) is 0 Å². The van der Waals surface area contributed by atoms with E-state index in [0.717, 1.165) is 31.3 Å². The number of pyridine rings is 1. The number of anilines is 1. The van der Waals surface area contributed by atoms with Crippen LogP contribution in [0.2, 0.25) is 0 Å². The normalized spacial score (nSPS) is 28.0. The van der Waals surface area contributed by atoms with Gasteiger partial charge in [0.15, 0.2) is 5.65 Å². The van der Waals surface area contributed by atoms with E-state index in [-0.39, 0.29) is 5.92 Å². The molecular weight excluding hydrogens is 268 g/mol. The van der Waals surface area contributed by atoms with E-state index in [1.54, 1.807) is 12.4 Å². The van der Waals surface area contributed by atoms with Gasteiger partial charge < -0.3 is 10.0 Å². The van der Waals surface area contributed by atoms with Crippen molar-refractivity contribution < 1.29 is 9.90 Å². The SMILES string of the molecule is O=C(O)C1C2CCCC2CN1c1ccc2nccnc2n1. The molecule has 0 bridgehead atoms. The summed E-state index contributed by atoms with van der Waals surface area (Å²) in [4.78, 5) is 26.5. The lowest BCUT2D eigenvalue weighted by Crippen LogP contribution is -2.40. The second-order valence-electron chi connectivity index (χ2n) is 5.86. The second kappa shape index (κ2) is 4.65. The number of aromatic nitrogens is 3. The van der Waals surface area contributed by atoms with Crippen LogP contribution in [0.4, 0.5) is 5.82 Å². The van der Waals surface area contributed by atoms with Crippen LogP contribution in [0.15, 0.2) is 24.5 Å². The number of hydrogen-bond acceptors (Lipinski definition) is 5. The molecule has 6 heteroatoms. The third-order valence-corrected chi connectivity index (χ3v) is 4.75. The van der Waals surface area contributed by atoms with Crippen LogP contribution in [0.25, 0.3) is 11.2 Å². The van der Waals surface area contributed by atoms with Crippen LogP contribution in [0.5, 0.6) is 0 Å². The van der Waals surface area contributed by atoms with Crippen LogP contribution in [-0.2, 0) is 4.79 Å². The quantitative estimate of drug-likeness (QED) is 0.904. The summed E-state index contributed by atoms with van der Waals surface area (Å²) in [6, 6.07) is 3.25. The first kappa shape index (κ1) is 12.5. The van der Waals surface area contributed by atoms with E-state index in [4.69, 9.17) is 0 Å². The van der Waals surface area contributed by atoms with Gasteiger partial charge in [0.2, 0.25) is 0 Å². The Kier molecular flexibility index (Phi) is 2.77. The van der Waals surface area contributed by atoms with Crippen LogP contribution in [0.3, 0.4) is 0 Å². The molecule has 2 aromatic heterocycles. The summed E-state index contributed by atoms with van der Waals surface area (Å²) in [6.07, 6.45) is 6.50. The molecule has 0 spiro atoms. The zero-order chi connectivity index (χ0) is 14.4. The summed E-state index contributed by atoms with van der Waals surface area (Å²) in [6.45, 7) is 0.778. The highest BCUT2D eigenvalue weighted by atomic mass is 16.4. The molecule has 1 saturated heterocycles. The molecule has 3 heterocycles. The highest BCUT2D eigenvalue weighted by Crippen LogP contribution is 2.43. The van der Waals surface area contributed by atoms with Gasteiger partial charge in [-0.25, -0.2) is 14.8 Å². The number of fused-ring (bicyclic) bond motifs is 2. The fourth-order valence-corrected chi connectivity index (χ4v) is 3.86. The average molecular weight is 284 g/mol. The summed E-state index contributed by atoms with van der Waals surface area (Å²) in [7, 11) is 0. The molecule has 4 rings (SSSR count). The minimum Gasteiger partial charge on any atom is -0.480 e. The first-order chi connectivity index (χ1) is 10.2. The van der Waals surface area contributed by atoms with Gasteiger partial charge in [-0.1, -0.05) is 6.42 Å². The third kappa shape index (κ3) is 1.93. The van der Waals surface area contributed by atoms with Gasteiger partial charge in [-0.3, -0.25) is 4.98 Å². The van der Waals surface area contributed by atoms with E-state index in [0.29, 0.717) is 17.4 Å². The van der Waals surface area contributed by atoms with Gasteiger partial charge in [-0.2, -0.15) is 0 Å². The Morgan fingerprint density at radius 3 is 2.95 bits per heavy atom. The Hall–Kier alpha value is -2.24. The van der Waals surface area contributed by atoms with Crippen molar-refractivity contribution >= 4 is 23.0 Å². The number of carbonyl (C=O) groups is 1. The molecule has 0 radical (unpaired) electrons. The molecule has 1 saturated carbocycles. The van der Waals surface area contributed by atoms with E-state index >= 15 is 0 Å². The molecule has 1 N–H and O–H groups in total. The van der Waals surface area contributed by atoms with Gasteiger partial charge in [0, 0.05) is 18.9 Å². The number of carboxylic acids is 1. The first-order valence-electron chi connectivity index (χ1n) is 7.31. The summed E-state index contributed by atoms with van der Waals surface area (Å²) < 4.78 is 0. The van der Waals surface area contributed by atoms with Crippen molar-refractivity contribution in [3.05, 3.63) is 24.5 Å². The zero-order valence-corrected chi connectivity index (χ0v) is 11.5. The van der Waals surface area contributed by atoms with Gasteiger partial charge in [-0.15, -0.1) is 0 Å². The average Bonchev–Trinajstić information content (AvgIpc) is 3.06. The van der Waals surface area contributed by atoms with Gasteiger partial charge >= 0.3 is 5.97 Å². The Morgan fingerprint density at radius 2 is 2.10 bits per heavy atom. The van der Waals surface area contributed by atoms with E-state index in [1.165, 1.54) is 0 Å². The maximum absolute atomic E-state index is 11.7. The number of hydrogen-bond donors (Lipinski definition) is 1. The van der Waals surface area contributed by atoms with Crippen LogP contribution in [-0.4, -0.2) is 38.6 Å². The predicted molar refractivity (Wildman–Crippen MR) is 76.9 cm³/mol. The Bertz CT molecular complexity index is 705. The van der Waals surface area contributed by atoms with Crippen molar-refractivity contribution in [1.29, 1.82) is 0 Å². The number of rotatable bonds is 2. The van der Waals surface area contributed by atoms with Crippen LogP contribution in [0, 0.1) is 11.8 Å². The standard InChI is InChI=1S/C15H16N4O2/c20-15(21)13-10-3-1-2-9(10)8-19(13)12-5-4-11-14(18-12)17-7-6-16-11/h4-7,9-10,13H,1-3,8H2,(H,20,21). The predicted octanol–water partition coefficient (Wildman–Crippen LogP) is 1.71. The lowest BCUT2D eigenvalue weighted by atomic mass is 9.94. The molecule has 3 unspecified atom stereocenters. The maximum atomic E-state index is 11.7. The molecule has 1 aliphatic heterocycles. The summed E-state index contributed by atoms with van der Waals surface area (Å²) in [5, 5.41) is 9.61. The Balaban J connectivity index is 1.74. The lowest BCUT2D eigenvalue weighted by Gasteiger charge is -2.25. The molecule has 21 heavy (non-hydrogen) atoms. The van der Waals surface area contributed by atoms with Crippen LogP contribution < -0.4 is 4.90 Å². The van der Waals surface area contributed by atoms with Crippen molar-refractivity contribution in [2.24, 2.45) is 11.8 Å². The van der Waals surface area contributed by atoms with Crippen LogP contribution >= 0.6 is 0 Å². The van der Waals surface area contributed by atoms with E-state index in [9.17, 15) is 9.90 Å². The third-order valence-electron chi connectivity index (χ3n) is 4.75. The van der Waals surface area contributed by atoms with Gasteiger partial charge in [-0.05, 0) is 36.8 Å². The molecule has 6 nitrogen and oxygen atoms in total. The molecule has 2 fully saturated rings. The zero-order valence-electron chi connectivity index (χ0n) is 11.5. The molecule has 2 aliphatic rings. The van der Waals surface area contributed by atoms with Crippen molar-refractivity contribution in [3.8, 4) is 0 Å². The molecule has 1 aliphatic carbocycles. The minimum atomic E-state index is -0.745. The molecular formula is C15H16N4O2. The second-order valence-corrected chi connectivity index (χ2v) is 5.86. The smallest absolute Gasteiger partial charge is 0.326 e. The van der Waals surface area contributed by atoms with Crippen molar-refractivity contribution in [2.45, 2.75) is 25.3 Å². The Morgan fingerprint density at radius 1 is 1.24 bits per heavy atom. The molecule has 0 aromatic carbocycles. The fourth-order valence-electron chi connectivity index (χ4n) is 3.86. The molecule has 3 atom stereocenters. The molecule has 108 valence electrons. The van der Waals surface area contributed by atoms with Gasteiger partial charge in [0.25, 0.3) is 0 Å². The first-order valence-corrected chi connectivity index (χ1v) is 7.31. The van der Waals surface area contributed by atoms with Crippen molar-refractivity contribution in [1.82, 2.24) is 15.0 Å². The monoisotopic (exact) mass is 284 g/mol. The summed E-state index contributed by atoms with van der Waals surface area (Å²) in [5.74, 6) is 0.683. The molecule has 0 amide bonds. The van der Waals surface area contributed by atoms with Gasteiger partial charge in [0.1, 0.15) is 17.4 Å². The Labute approximate surface area is 121 Å². The largest absolute Gasteiger partial charge is 0.480 e. The van der Waals surface area contributed by atoms with E-state index in [2.05, 4.69) is 15.0 Å². The number of aliphatic carboxylic acids is 1. The number of carboxylic acid groups (broad SMARTS) is 1. The van der Waals surface area contributed by atoms with Crippen molar-refractivity contribution in [2.75, 3.05) is 11.4 Å². The topological polar surface area (TPSA) is 79.2 Å². The lowest BCUT2D eigenvalue weighted by molar-refractivity contribution is -0.139. The summed E-state index contributed by atoms with van der Waals surface area (Å²) in [5.41, 5.74) is 1.30. The van der Waals surface area contributed by atoms with E-state index < -0.39 is 12.0 Å². The highest BCUT2D eigenvalue weighted by Gasteiger charge is 2.48. The van der Waals surface area contributed by atoms with Crippen LogP contribution in [0.1, 0.15) is 19.3 Å². The minimum absolute atomic E-state index is 0.252. The highest BCUT2D eigenvalue weighted by molar-refractivity contribution is 5.80. The maximum Gasteiger partial charge on any atom is 0.326 e.